The molecule has 0 radical (unpaired) electrons. The van der Waals surface area contributed by atoms with Crippen molar-refractivity contribution in [2.45, 2.75) is 89.6 Å². The highest BCUT2D eigenvalue weighted by Gasteiger charge is 2.35. The third-order valence-corrected chi connectivity index (χ3v) is 4.57. The fourth-order valence-electron chi connectivity index (χ4n) is 3.17. The Labute approximate surface area is 135 Å². The highest BCUT2D eigenvalue weighted by atomic mass is 16.7. The second-order valence-electron chi connectivity index (χ2n) is 6.54. The minimum absolute atomic E-state index is 0.107. The number of ether oxygens (including phenoxy) is 4. The van der Waals surface area contributed by atoms with E-state index in [-0.39, 0.29) is 12.1 Å². The maximum absolute atomic E-state index is 5.68. The van der Waals surface area contributed by atoms with Crippen LogP contribution in [0.5, 0.6) is 0 Å². The van der Waals surface area contributed by atoms with Crippen molar-refractivity contribution in [2.24, 2.45) is 0 Å². The Balaban J connectivity index is 0.000000160. The van der Waals surface area contributed by atoms with Crippen LogP contribution < -0.4 is 0 Å². The Morgan fingerprint density at radius 1 is 0.909 bits per heavy atom. The van der Waals surface area contributed by atoms with Gasteiger partial charge in [-0.3, -0.25) is 0 Å². The van der Waals surface area contributed by atoms with Gasteiger partial charge in [-0.25, -0.2) is 0 Å². The first-order valence-corrected chi connectivity index (χ1v) is 9.36. The molecule has 0 amide bonds. The molecule has 3 aliphatic rings. The van der Waals surface area contributed by atoms with Gasteiger partial charge in [-0.05, 0) is 51.4 Å². The quantitative estimate of drug-likeness (QED) is 0.720. The van der Waals surface area contributed by atoms with Crippen molar-refractivity contribution >= 4 is 0 Å². The molecule has 4 heteroatoms. The van der Waals surface area contributed by atoms with Crippen molar-refractivity contribution in [2.75, 3.05) is 26.4 Å². The van der Waals surface area contributed by atoms with Crippen LogP contribution in [0.25, 0.3) is 0 Å². The summed E-state index contributed by atoms with van der Waals surface area (Å²) < 4.78 is 22.3. The van der Waals surface area contributed by atoms with Gasteiger partial charge >= 0.3 is 0 Å². The molecule has 0 aliphatic carbocycles. The van der Waals surface area contributed by atoms with Gasteiger partial charge in [0.25, 0.3) is 0 Å². The summed E-state index contributed by atoms with van der Waals surface area (Å²) in [5.41, 5.74) is 0. The first kappa shape index (κ1) is 18.2. The summed E-state index contributed by atoms with van der Waals surface area (Å²) in [4.78, 5) is 0. The second kappa shape index (κ2) is 10.6. The molecule has 1 spiro atoms. The van der Waals surface area contributed by atoms with Crippen LogP contribution in [0.15, 0.2) is 0 Å². The third-order valence-electron chi connectivity index (χ3n) is 4.57. The van der Waals surface area contributed by atoms with Gasteiger partial charge in [-0.2, -0.15) is 0 Å². The fourth-order valence-corrected chi connectivity index (χ4v) is 3.17. The Morgan fingerprint density at radius 2 is 1.59 bits per heavy atom. The van der Waals surface area contributed by atoms with Crippen LogP contribution in [0.2, 0.25) is 0 Å². The Morgan fingerprint density at radius 3 is 2.09 bits per heavy atom. The molecule has 3 aliphatic heterocycles. The predicted molar refractivity (Wildman–Crippen MR) is 86.8 cm³/mol. The van der Waals surface area contributed by atoms with Gasteiger partial charge in [0.1, 0.15) is 0 Å². The lowest BCUT2D eigenvalue weighted by molar-refractivity contribution is -0.272. The van der Waals surface area contributed by atoms with E-state index in [4.69, 9.17) is 18.9 Å². The van der Waals surface area contributed by atoms with Crippen LogP contribution in [-0.2, 0) is 18.9 Å². The molecule has 0 N–H and O–H groups in total. The summed E-state index contributed by atoms with van der Waals surface area (Å²) in [5.74, 6) is -0.142. The summed E-state index contributed by atoms with van der Waals surface area (Å²) in [6, 6.07) is 0. The Bertz CT molecular complexity index is 245. The SMILES string of the molecule is C1CCC2(CCCCO2)OC1.CCCCOC1CCCCO1. The molecule has 1 unspecified atom stereocenters. The van der Waals surface area contributed by atoms with Crippen LogP contribution in [0.3, 0.4) is 0 Å². The first-order valence-electron chi connectivity index (χ1n) is 9.36. The normalized spacial score (nSPS) is 28.0. The van der Waals surface area contributed by atoms with E-state index in [1.165, 1.54) is 44.9 Å². The molecule has 22 heavy (non-hydrogen) atoms. The highest BCUT2D eigenvalue weighted by molar-refractivity contribution is 4.76. The molecule has 0 aromatic carbocycles. The smallest absolute Gasteiger partial charge is 0.168 e. The van der Waals surface area contributed by atoms with E-state index in [1.54, 1.807) is 0 Å². The zero-order valence-corrected chi connectivity index (χ0v) is 14.3. The third kappa shape index (κ3) is 6.53. The van der Waals surface area contributed by atoms with Crippen LogP contribution in [-0.4, -0.2) is 38.5 Å². The molecule has 3 saturated heterocycles. The summed E-state index contributed by atoms with van der Waals surface area (Å²) >= 11 is 0. The minimum atomic E-state index is -0.142. The van der Waals surface area contributed by atoms with E-state index in [9.17, 15) is 0 Å². The van der Waals surface area contributed by atoms with Crippen molar-refractivity contribution in [3.63, 3.8) is 0 Å². The summed E-state index contributed by atoms with van der Waals surface area (Å²) in [7, 11) is 0. The van der Waals surface area contributed by atoms with Gasteiger partial charge in [0.15, 0.2) is 12.1 Å². The first-order chi connectivity index (χ1) is 10.8. The molecule has 0 bridgehead atoms. The summed E-state index contributed by atoms with van der Waals surface area (Å²) in [5, 5.41) is 0. The molecular weight excluding hydrogens is 280 g/mol. The van der Waals surface area contributed by atoms with Crippen molar-refractivity contribution in [3.8, 4) is 0 Å². The topological polar surface area (TPSA) is 36.9 Å². The number of hydrogen-bond donors (Lipinski definition) is 0. The molecule has 3 fully saturated rings. The van der Waals surface area contributed by atoms with Gasteiger partial charge in [-0.1, -0.05) is 13.3 Å². The fraction of sp³-hybridized carbons (Fsp3) is 1.00. The maximum Gasteiger partial charge on any atom is 0.168 e. The summed E-state index contributed by atoms with van der Waals surface area (Å²) in [6.07, 6.45) is 13.2. The van der Waals surface area contributed by atoms with E-state index in [1.807, 2.05) is 0 Å². The van der Waals surface area contributed by atoms with Crippen molar-refractivity contribution in [1.82, 2.24) is 0 Å². The molecule has 1 atom stereocenters. The van der Waals surface area contributed by atoms with Crippen LogP contribution in [0, 0.1) is 0 Å². The molecule has 3 heterocycles. The zero-order valence-electron chi connectivity index (χ0n) is 14.3. The largest absolute Gasteiger partial charge is 0.353 e. The van der Waals surface area contributed by atoms with E-state index < -0.39 is 0 Å². The monoisotopic (exact) mass is 314 g/mol. The highest BCUT2D eigenvalue weighted by Crippen LogP contribution is 2.34. The Kier molecular flexibility index (Phi) is 8.75. The maximum atomic E-state index is 5.68. The molecule has 3 rings (SSSR count). The number of rotatable bonds is 4. The predicted octanol–water partition coefficient (Wildman–Crippen LogP) is 4.41. The molecule has 0 saturated carbocycles. The van der Waals surface area contributed by atoms with Gasteiger partial charge in [0.05, 0.1) is 13.2 Å². The Hall–Kier alpha value is -0.160. The van der Waals surface area contributed by atoms with Crippen molar-refractivity contribution < 1.29 is 18.9 Å². The lowest BCUT2D eigenvalue weighted by Crippen LogP contribution is -2.41. The van der Waals surface area contributed by atoms with Crippen molar-refractivity contribution in [3.05, 3.63) is 0 Å². The minimum Gasteiger partial charge on any atom is -0.353 e. The lowest BCUT2D eigenvalue weighted by atomic mass is 9.97. The van der Waals surface area contributed by atoms with Gasteiger partial charge in [0.2, 0.25) is 0 Å². The van der Waals surface area contributed by atoms with Gasteiger partial charge in [-0.15, -0.1) is 0 Å². The van der Waals surface area contributed by atoms with Crippen LogP contribution in [0.1, 0.15) is 77.6 Å². The molecule has 4 nitrogen and oxygen atoms in total. The molecular formula is C18H34O4. The van der Waals surface area contributed by atoms with Crippen LogP contribution in [0.4, 0.5) is 0 Å². The molecule has 130 valence electrons. The van der Waals surface area contributed by atoms with Gasteiger partial charge in [0, 0.05) is 26.1 Å². The standard InChI is InChI=1S/C9H16O2.C9H18O2/c1-3-7-10-9(5-1)6-2-4-8-11-9;1-2-3-7-10-9-6-4-5-8-11-9/h1-8H2;9H,2-8H2,1H3. The average Bonchev–Trinajstić information content (AvgIpc) is 2.58. The number of unbranched alkanes of at least 4 members (excludes halogenated alkanes) is 1. The zero-order chi connectivity index (χ0) is 15.5. The number of hydrogen-bond acceptors (Lipinski definition) is 4. The lowest BCUT2D eigenvalue weighted by Gasteiger charge is -2.39. The molecule has 0 aromatic heterocycles. The average molecular weight is 314 g/mol. The van der Waals surface area contributed by atoms with E-state index >= 15 is 0 Å². The van der Waals surface area contributed by atoms with Gasteiger partial charge < -0.3 is 18.9 Å². The van der Waals surface area contributed by atoms with Crippen LogP contribution >= 0.6 is 0 Å². The second-order valence-corrected chi connectivity index (χ2v) is 6.54. The van der Waals surface area contributed by atoms with Crippen molar-refractivity contribution in [1.29, 1.82) is 0 Å². The molecule has 0 aromatic rings. The summed E-state index contributed by atoms with van der Waals surface area (Å²) in [6.45, 7) is 5.73. The van der Waals surface area contributed by atoms with E-state index in [0.29, 0.717) is 0 Å². The van der Waals surface area contributed by atoms with E-state index in [2.05, 4.69) is 6.92 Å². The van der Waals surface area contributed by atoms with E-state index in [0.717, 1.165) is 52.1 Å².